The van der Waals surface area contributed by atoms with Crippen LogP contribution < -0.4 is 0 Å². The second kappa shape index (κ2) is 20.9. The Hall–Kier alpha value is -0.990. The first-order chi connectivity index (χ1) is 20.9. The van der Waals surface area contributed by atoms with Gasteiger partial charge in [-0.2, -0.15) is 0 Å². The fourth-order valence-electron chi connectivity index (χ4n) is 7.11. The molecule has 7 heteroatoms. The Morgan fingerprint density at radius 2 is 1.12 bits per heavy atom. The number of aliphatic hydroxyl groups is 3. The van der Waals surface area contributed by atoms with Gasteiger partial charge in [0.05, 0.1) is 42.7 Å². The third-order valence-electron chi connectivity index (χ3n) is 9.78. The summed E-state index contributed by atoms with van der Waals surface area (Å²) in [6.07, 6.45) is 24.7. The molecule has 3 heterocycles. The number of hydrogen-bond acceptors (Lipinski definition) is 7. The molecule has 8 atom stereocenters. The predicted octanol–water partition coefficient (Wildman–Crippen LogP) is 7.47. The zero-order chi connectivity index (χ0) is 30.9. The fraction of sp³-hybridized carbons (Fsp3) is 0.917. The molecule has 3 N–H and O–H groups in total. The molecule has 0 spiro atoms. The summed E-state index contributed by atoms with van der Waals surface area (Å²) in [4.78, 5) is 11.7. The zero-order valence-electron chi connectivity index (χ0n) is 27.4. The number of hydrogen-bond donors (Lipinski definition) is 3. The lowest BCUT2D eigenvalue weighted by molar-refractivity contribution is -0.139. The summed E-state index contributed by atoms with van der Waals surface area (Å²) in [6.45, 7) is 4.08. The zero-order valence-corrected chi connectivity index (χ0v) is 27.4. The largest absolute Gasteiger partial charge is 0.455 e. The van der Waals surface area contributed by atoms with E-state index in [-0.39, 0.29) is 42.6 Å². The van der Waals surface area contributed by atoms with Gasteiger partial charge in [-0.25, -0.2) is 4.79 Å². The van der Waals surface area contributed by atoms with Crippen molar-refractivity contribution in [2.45, 2.75) is 210 Å². The maximum absolute atomic E-state index is 11.7. The van der Waals surface area contributed by atoms with E-state index in [1.807, 2.05) is 13.0 Å². The number of aliphatic hydroxyl groups excluding tert-OH is 3. The maximum Gasteiger partial charge on any atom is 0.334 e. The van der Waals surface area contributed by atoms with E-state index in [2.05, 4.69) is 6.92 Å². The van der Waals surface area contributed by atoms with E-state index in [0.717, 1.165) is 77.0 Å². The van der Waals surface area contributed by atoms with E-state index in [4.69, 9.17) is 14.2 Å². The van der Waals surface area contributed by atoms with Gasteiger partial charge < -0.3 is 29.5 Å². The molecule has 3 aliphatic heterocycles. The van der Waals surface area contributed by atoms with Crippen molar-refractivity contribution in [1.82, 2.24) is 0 Å². The first kappa shape index (κ1) is 36.5. The van der Waals surface area contributed by atoms with Gasteiger partial charge >= 0.3 is 5.97 Å². The lowest BCUT2D eigenvalue weighted by Gasteiger charge is -2.24. The summed E-state index contributed by atoms with van der Waals surface area (Å²) in [5, 5.41) is 31.6. The molecular formula is C36H64O7. The molecule has 0 radical (unpaired) electrons. The molecule has 0 unspecified atom stereocenters. The Bertz CT molecular complexity index is 786. The molecule has 250 valence electrons. The van der Waals surface area contributed by atoms with Gasteiger partial charge in [-0.1, -0.05) is 103 Å². The topological polar surface area (TPSA) is 105 Å². The number of ether oxygens (including phenoxy) is 3. The molecule has 0 saturated carbocycles. The molecule has 2 saturated heterocycles. The lowest BCUT2D eigenvalue weighted by Crippen LogP contribution is -2.33. The van der Waals surface area contributed by atoms with E-state index in [9.17, 15) is 20.1 Å². The number of cyclic esters (lactones) is 1. The first-order valence-corrected chi connectivity index (χ1v) is 18.1. The molecule has 2 fully saturated rings. The van der Waals surface area contributed by atoms with Crippen molar-refractivity contribution in [2.75, 3.05) is 0 Å². The Morgan fingerprint density at radius 3 is 1.56 bits per heavy atom. The van der Waals surface area contributed by atoms with E-state index >= 15 is 0 Å². The van der Waals surface area contributed by atoms with Crippen molar-refractivity contribution in [3.8, 4) is 0 Å². The van der Waals surface area contributed by atoms with Gasteiger partial charge in [-0.15, -0.1) is 0 Å². The van der Waals surface area contributed by atoms with Gasteiger partial charge in [-0.05, 0) is 57.9 Å². The van der Waals surface area contributed by atoms with Crippen LogP contribution in [0.3, 0.4) is 0 Å². The average molecular weight is 609 g/mol. The molecule has 0 aromatic carbocycles. The normalized spacial score (nSPS) is 27.8. The minimum atomic E-state index is -0.463. The summed E-state index contributed by atoms with van der Waals surface area (Å²) >= 11 is 0. The van der Waals surface area contributed by atoms with E-state index in [1.54, 1.807) is 0 Å². The third-order valence-corrected chi connectivity index (χ3v) is 9.78. The van der Waals surface area contributed by atoms with Crippen LogP contribution in [0.1, 0.15) is 162 Å². The minimum absolute atomic E-state index is 0.0523. The number of unbranched alkanes of at least 4 members (excludes halogenated alkanes) is 13. The maximum atomic E-state index is 11.7. The number of carbonyl (C=O) groups is 1. The van der Waals surface area contributed by atoms with Crippen molar-refractivity contribution in [3.05, 3.63) is 11.6 Å². The Morgan fingerprint density at radius 1 is 0.674 bits per heavy atom. The quantitative estimate of drug-likeness (QED) is 0.0771. The Kier molecular flexibility index (Phi) is 17.8. The van der Waals surface area contributed by atoms with Crippen LogP contribution in [0.4, 0.5) is 0 Å². The third kappa shape index (κ3) is 13.9. The molecule has 0 amide bonds. The first-order valence-electron chi connectivity index (χ1n) is 18.1. The van der Waals surface area contributed by atoms with Crippen molar-refractivity contribution < 1.29 is 34.3 Å². The van der Waals surface area contributed by atoms with Crippen molar-refractivity contribution in [3.63, 3.8) is 0 Å². The minimum Gasteiger partial charge on any atom is -0.455 e. The highest BCUT2D eigenvalue weighted by Gasteiger charge is 2.40. The number of rotatable bonds is 24. The van der Waals surface area contributed by atoms with Crippen molar-refractivity contribution in [1.29, 1.82) is 0 Å². The van der Waals surface area contributed by atoms with Gasteiger partial charge in [0.1, 0.15) is 6.10 Å². The second-order valence-electron chi connectivity index (χ2n) is 13.7. The molecule has 0 aromatic rings. The van der Waals surface area contributed by atoms with Crippen LogP contribution in [0.15, 0.2) is 11.6 Å². The summed E-state index contributed by atoms with van der Waals surface area (Å²) < 4.78 is 17.6. The molecule has 7 nitrogen and oxygen atoms in total. The second-order valence-corrected chi connectivity index (χ2v) is 13.7. The van der Waals surface area contributed by atoms with Gasteiger partial charge in [0, 0.05) is 12.0 Å². The Balaban J connectivity index is 1.13. The monoisotopic (exact) mass is 608 g/mol. The van der Waals surface area contributed by atoms with E-state index < -0.39 is 12.2 Å². The van der Waals surface area contributed by atoms with Crippen LogP contribution in [0.5, 0.6) is 0 Å². The van der Waals surface area contributed by atoms with Gasteiger partial charge in [0.15, 0.2) is 0 Å². The van der Waals surface area contributed by atoms with Crippen molar-refractivity contribution in [2.24, 2.45) is 0 Å². The van der Waals surface area contributed by atoms with Gasteiger partial charge in [0.2, 0.25) is 0 Å². The van der Waals surface area contributed by atoms with Crippen molar-refractivity contribution >= 4 is 5.97 Å². The molecule has 0 aromatic heterocycles. The summed E-state index contributed by atoms with van der Waals surface area (Å²) in [7, 11) is 0. The van der Waals surface area contributed by atoms with Crippen LogP contribution >= 0.6 is 0 Å². The van der Waals surface area contributed by atoms with Crippen LogP contribution in [-0.4, -0.2) is 70.1 Å². The van der Waals surface area contributed by atoms with Gasteiger partial charge in [0.25, 0.3) is 0 Å². The molecule has 0 bridgehead atoms. The van der Waals surface area contributed by atoms with Crippen LogP contribution in [0.25, 0.3) is 0 Å². The summed E-state index contributed by atoms with van der Waals surface area (Å²) in [5.41, 5.74) is 0.616. The molecular weight excluding hydrogens is 544 g/mol. The fourth-order valence-corrected chi connectivity index (χ4v) is 7.11. The highest BCUT2D eigenvalue weighted by Crippen LogP contribution is 2.34. The predicted molar refractivity (Wildman–Crippen MR) is 171 cm³/mol. The SMILES string of the molecule is CCCCCCCCC[C@H](O)[C@H]1CC[C@H]([C@H]2CC[C@H]([C@H](O)CCCCCCCCCC[C@@H](O)CC3=C[C@H](C)OC3=O)O2)O1. The molecule has 43 heavy (non-hydrogen) atoms. The van der Waals surface area contributed by atoms with Crippen LogP contribution in [-0.2, 0) is 19.0 Å². The van der Waals surface area contributed by atoms with E-state index in [0.29, 0.717) is 12.0 Å². The standard InChI is InChI=1S/C36H64O7/c1-3-4-5-6-9-13-16-19-30(38)32-21-23-34(42-32)35-24-22-33(43-35)31(39)20-17-14-11-8-7-10-12-15-18-29(37)26-28-25-27(2)41-36(28)40/h25,27,29-35,37-39H,3-24,26H2,1-2H3/t27-,29+,30-,31+,32+,33+,34+,35+/m0/s1. The average Bonchev–Trinajstić information content (AvgIpc) is 3.73. The highest BCUT2D eigenvalue weighted by molar-refractivity contribution is 5.90. The number of carbonyl (C=O) groups excluding carboxylic acids is 1. The summed E-state index contributed by atoms with van der Waals surface area (Å²) in [6, 6.07) is 0. The molecule has 3 rings (SSSR count). The number of esters is 1. The van der Waals surface area contributed by atoms with Crippen LogP contribution in [0, 0.1) is 0 Å². The smallest absolute Gasteiger partial charge is 0.334 e. The van der Waals surface area contributed by atoms with Gasteiger partial charge in [-0.3, -0.25) is 0 Å². The highest BCUT2D eigenvalue weighted by atomic mass is 16.6. The lowest BCUT2D eigenvalue weighted by atomic mass is 10.00. The summed E-state index contributed by atoms with van der Waals surface area (Å²) in [5.74, 6) is -0.281. The molecule has 3 aliphatic rings. The molecule has 0 aliphatic carbocycles. The Labute approximate surface area is 262 Å². The van der Waals surface area contributed by atoms with E-state index in [1.165, 1.54) is 64.2 Å². The van der Waals surface area contributed by atoms with Crippen LogP contribution in [0.2, 0.25) is 0 Å².